The van der Waals surface area contributed by atoms with Crippen LogP contribution in [0.3, 0.4) is 0 Å². The van der Waals surface area contributed by atoms with Crippen LogP contribution in [0.15, 0.2) is 88.9 Å². The zero-order valence-electron chi connectivity index (χ0n) is 13.4. The smallest absolute Gasteiger partial charge is 0.282 e. The van der Waals surface area contributed by atoms with Crippen LogP contribution < -0.4 is 4.57 Å². The molecule has 0 amide bonds. The number of aliphatic imine (C=N–C) groups is 1. The van der Waals surface area contributed by atoms with Crippen molar-refractivity contribution in [2.24, 2.45) is 4.99 Å². The van der Waals surface area contributed by atoms with Crippen LogP contribution in [0.1, 0.15) is 11.3 Å². The van der Waals surface area contributed by atoms with Gasteiger partial charge in [0.1, 0.15) is 0 Å². The van der Waals surface area contributed by atoms with Gasteiger partial charge in [-0.15, -0.1) is 0 Å². The topological polar surface area (TPSA) is 70.6 Å². The van der Waals surface area contributed by atoms with Crippen LogP contribution in [0.25, 0.3) is 0 Å². The largest absolute Gasteiger partial charge is 0.294 e. The summed E-state index contributed by atoms with van der Waals surface area (Å²) in [7, 11) is -4.18. The SMILES string of the molecule is O=S(=O)(O)c1ccc(N=Cc2cccc[n+]2Cc2ccccc2)cc1. The molecule has 1 heterocycles. The molecule has 1 aromatic heterocycles. The van der Waals surface area contributed by atoms with Gasteiger partial charge in [-0.25, -0.2) is 4.99 Å². The van der Waals surface area contributed by atoms with Crippen molar-refractivity contribution in [1.82, 2.24) is 0 Å². The van der Waals surface area contributed by atoms with Gasteiger partial charge in [-0.3, -0.25) is 4.55 Å². The number of pyridine rings is 1. The van der Waals surface area contributed by atoms with E-state index in [2.05, 4.69) is 21.7 Å². The summed E-state index contributed by atoms with van der Waals surface area (Å²) in [5.41, 5.74) is 2.71. The zero-order valence-corrected chi connectivity index (χ0v) is 14.2. The molecular formula is C19H17N2O3S+. The molecular weight excluding hydrogens is 336 g/mol. The second-order valence-electron chi connectivity index (χ2n) is 5.47. The third kappa shape index (κ3) is 4.59. The lowest BCUT2D eigenvalue weighted by Gasteiger charge is -2.01. The Hall–Kier alpha value is -2.83. The first-order chi connectivity index (χ1) is 12.0. The molecule has 0 aliphatic rings. The summed E-state index contributed by atoms with van der Waals surface area (Å²) in [4.78, 5) is 4.23. The first kappa shape index (κ1) is 17.0. The summed E-state index contributed by atoms with van der Waals surface area (Å²) in [6.45, 7) is 0.727. The van der Waals surface area contributed by atoms with E-state index < -0.39 is 10.1 Å². The van der Waals surface area contributed by atoms with Crippen molar-refractivity contribution in [3.05, 3.63) is 90.3 Å². The number of rotatable bonds is 5. The molecule has 6 heteroatoms. The number of hydrogen-bond donors (Lipinski definition) is 1. The summed E-state index contributed by atoms with van der Waals surface area (Å²) in [6, 6.07) is 21.7. The fourth-order valence-corrected chi connectivity index (χ4v) is 2.86. The van der Waals surface area contributed by atoms with E-state index in [-0.39, 0.29) is 4.90 Å². The average Bonchev–Trinajstić information content (AvgIpc) is 2.61. The third-order valence-corrected chi connectivity index (χ3v) is 4.52. The van der Waals surface area contributed by atoms with E-state index in [1.54, 1.807) is 18.3 Å². The maximum Gasteiger partial charge on any atom is 0.294 e. The quantitative estimate of drug-likeness (QED) is 0.435. The van der Waals surface area contributed by atoms with Crippen LogP contribution >= 0.6 is 0 Å². The van der Waals surface area contributed by atoms with Crippen molar-refractivity contribution in [3.8, 4) is 0 Å². The molecule has 0 aliphatic heterocycles. The summed E-state index contributed by atoms with van der Waals surface area (Å²) >= 11 is 0. The fourth-order valence-electron chi connectivity index (χ4n) is 2.38. The minimum atomic E-state index is -4.18. The fraction of sp³-hybridized carbons (Fsp3) is 0.0526. The standard InChI is InChI=1S/C19H16N2O3S/c22-25(23,24)19-11-9-17(10-12-19)20-14-18-8-4-5-13-21(18)15-16-6-2-1-3-7-16/h1-14H,15H2/p+1. The van der Waals surface area contributed by atoms with Crippen LogP contribution in [0.2, 0.25) is 0 Å². The minimum Gasteiger partial charge on any atom is -0.282 e. The first-order valence-electron chi connectivity index (χ1n) is 7.66. The normalized spacial score (nSPS) is 11.7. The number of aromatic nitrogens is 1. The van der Waals surface area contributed by atoms with Gasteiger partial charge in [0.2, 0.25) is 5.69 Å². The molecule has 0 atom stereocenters. The lowest BCUT2D eigenvalue weighted by molar-refractivity contribution is -0.689. The first-order valence-corrected chi connectivity index (χ1v) is 9.10. The van der Waals surface area contributed by atoms with Crippen molar-refractivity contribution in [3.63, 3.8) is 0 Å². The Bertz CT molecular complexity index is 983. The van der Waals surface area contributed by atoms with E-state index in [1.165, 1.54) is 17.7 Å². The zero-order chi connectivity index (χ0) is 17.7. The van der Waals surface area contributed by atoms with Crippen LogP contribution in [-0.4, -0.2) is 19.2 Å². The molecule has 0 radical (unpaired) electrons. The number of hydrogen-bond acceptors (Lipinski definition) is 3. The van der Waals surface area contributed by atoms with Crippen LogP contribution in [0.5, 0.6) is 0 Å². The summed E-state index contributed by atoms with van der Waals surface area (Å²) < 4.78 is 33.2. The second-order valence-corrected chi connectivity index (χ2v) is 6.89. The lowest BCUT2D eigenvalue weighted by Crippen LogP contribution is -2.38. The summed E-state index contributed by atoms with van der Waals surface area (Å²) in [5, 5.41) is 0. The molecule has 0 fully saturated rings. The number of nitrogens with zero attached hydrogens (tertiary/aromatic N) is 2. The van der Waals surface area contributed by atoms with Crippen molar-refractivity contribution in [2.75, 3.05) is 0 Å². The van der Waals surface area contributed by atoms with Crippen molar-refractivity contribution in [1.29, 1.82) is 0 Å². The van der Waals surface area contributed by atoms with Gasteiger partial charge >= 0.3 is 0 Å². The Kier molecular flexibility index (Phi) is 5.02. The molecule has 0 saturated heterocycles. The van der Waals surface area contributed by atoms with E-state index in [4.69, 9.17) is 4.55 Å². The molecule has 5 nitrogen and oxygen atoms in total. The van der Waals surface area contributed by atoms with Crippen LogP contribution in [-0.2, 0) is 16.7 Å². The molecule has 0 saturated carbocycles. The van der Waals surface area contributed by atoms with Crippen LogP contribution in [0, 0.1) is 0 Å². The molecule has 0 spiro atoms. The Morgan fingerprint density at radius 3 is 2.28 bits per heavy atom. The van der Waals surface area contributed by atoms with Gasteiger partial charge in [-0.2, -0.15) is 13.0 Å². The molecule has 126 valence electrons. The maximum atomic E-state index is 11.1. The molecule has 3 aromatic rings. The van der Waals surface area contributed by atoms with Gasteiger partial charge in [0.25, 0.3) is 10.1 Å². The number of benzene rings is 2. The van der Waals surface area contributed by atoms with E-state index >= 15 is 0 Å². The lowest BCUT2D eigenvalue weighted by atomic mass is 10.2. The van der Waals surface area contributed by atoms with E-state index in [1.807, 2.05) is 42.6 Å². The second kappa shape index (κ2) is 7.38. The van der Waals surface area contributed by atoms with Gasteiger partial charge < -0.3 is 0 Å². The molecule has 25 heavy (non-hydrogen) atoms. The van der Waals surface area contributed by atoms with Crippen molar-refractivity contribution in [2.45, 2.75) is 11.4 Å². The van der Waals surface area contributed by atoms with Gasteiger partial charge in [0, 0.05) is 17.7 Å². The predicted octanol–water partition coefficient (Wildman–Crippen LogP) is 3.02. The monoisotopic (exact) mass is 353 g/mol. The van der Waals surface area contributed by atoms with Crippen molar-refractivity contribution < 1.29 is 17.5 Å². The Morgan fingerprint density at radius 1 is 0.920 bits per heavy atom. The van der Waals surface area contributed by atoms with E-state index in [0.29, 0.717) is 5.69 Å². The molecule has 0 unspecified atom stereocenters. The molecule has 2 aromatic carbocycles. The summed E-state index contributed by atoms with van der Waals surface area (Å²) in [5.74, 6) is 0. The Balaban J connectivity index is 1.82. The highest BCUT2D eigenvalue weighted by Crippen LogP contribution is 2.16. The third-order valence-electron chi connectivity index (χ3n) is 3.65. The molecule has 3 rings (SSSR count). The Labute approximate surface area is 146 Å². The highest BCUT2D eigenvalue weighted by atomic mass is 32.2. The van der Waals surface area contributed by atoms with E-state index in [0.717, 1.165) is 12.2 Å². The van der Waals surface area contributed by atoms with Crippen molar-refractivity contribution >= 4 is 22.0 Å². The van der Waals surface area contributed by atoms with Gasteiger partial charge in [0.05, 0.1) is 16.8 Å². The minimum absolute atomic E-state index is 0.148. The summed E-state index contributed by atoms with van der Waals surface area (Å²) in [6.07, 6.45) is 3.71. The van der Waals surface area contributed by atoms with Gasteiger partial charge in [-0.05, 0) is 30.3 Å². The highest BCUT2D eigenvalue weighted by molar-refractivity contribution is 7.85. The molecule has 0 bridgehead atoms. The average molecular weight is 353 g/mol. The molecule has 0 aliphatic carbocycles. The Morgan fingerprint density at radius 2 is 1.60 bits per heavy atom. The molecule has 1 N–H and O–H groups in total. The van der Waals surface area contributed by atoms with Gasteiger partial charge in [-0.1, -0.05) is 30.3 Å². The van der Waals surface area contributed by atoms with E-state index in [9.17, 15) is 8.42 Å². The van der Waals surface area contributed by atoms with Crippen LogP contribution in [0.4, 0.5) is 5.69 Å². The maximum absolute atomic E-state index is 11.1. The predicted molar refractivity (Wildman–Crippen MR) is 95.7 cm³/mol. The van der Waals surface area contributed by atoms with Gasteiger partial charge in [0.15, 0.2) is 12.7 Å². The highest BCUT2D eigenvalue weighted by Gasteiger charge is 2.09.